The zero-order valence-corrected chi connectivity index (χ0v) is 11.8. The number of hydrogen-bond acceptors (Lipinski definition) is 3. The molecule has 0 spiro atoms. The fraction of sp³-hybridized carbons (Fsp3) is 0.167. The van der Waals surface area contributed by atoms with Gasteiger partial charge in [0, 0.05) is 6.92 Å². The maximum atomic E-state index is 12.7. The summed E-state index contributed by atoms with van der Waals surface area (Å²) in [6.45, 7) is 5.39. The summed E-state index contributed by atoms with van der Waals surface area (Å²) in [5.74, 6) is -1.56. The van der Waals surface area contributed by atoms with E-state index in [0.717, 1.165) is 11.1 Å². The fourth-order valence-corrected chi connectivity index (χ4v) is 2.57. The van der Waals surface area contributed by atoms with E-state index in [2.05, 4.69) is 6.58 Å². The zero-order valence-electron chi connectivity index (χ0n) is 11.8. The molecule has 1 fully saturated rings. The third kappa shape index (κ3) is 2.06. The lowest BCUT2D eigenvalue weighted by Crippen LogP contribution is -2.36. The predicted octanol–water partition coefficient (Wildman–Crippen LogP) is 3.41. The first-order valence-corrected chi connectivity index (χ1v) is 6.79. The number of hydrogen-bond donors (Lipinski definition) is 0. The van der Waals surface area contributed by atoms with Crippen LogP contribution in [0.5, 0.6) is 0 Å². The fourth-order valence-electron chi connectivity index (χ4n) is 2.57. The van der Waals surface area contributed by atoms with Gasteiger partial charge in [0.2, 0.25) is 11.4 Å². The molecule has 3 nitrogen and oxygen atoms in total. The average Bonchev–Trinajstić information content (AvgIpc) is 2.82. The predicted molar refractivity (Wildman–Crippen MR) is 79.4 cm³/mol. The van der Waals surface area contributed by atoms with Crippen molar-refractivity contribution in [3.05, 3.63) is 84.4 Å². The highest BCUT2D eigenvalue weighted by Gasteiger charge is 2.57. The van der Waals surface area contributed by atoms with Crippen LogP contribution in [0.2, 0.25) is 0 Å². The van der Waals surface area contributed by atoms with E-state index in [4.69, 9.17) is 9.47 Å². The van der Waals surface area contributed by atoms with E-state index in [1.165, 1.54) is 6.08 Å². The van der Waals surface area contributed by atoms with Crippen molar-refractivity contribution in [2.45, 2.75) is 18.3 Å². The number of benzene rings is 2. The van der Waals surface area contributed by atoms with Gasteiger partial charge in [-0.15, -0.1) is 0 Å². The van der Waals surface area contributed by atoms with Gasteiger partial charge in [-0.25, -0.2) is 4.79 Å². The molecule has 0 amide bonds. The molecule has 1 aliphatic rings. The maximum Gasteiger partial charge on any atom is 0.350 e. The summed E-state index contributed by atoms with van der Waals surface area (Å²) in [5.41, 5.74) is 0.226. The van der Waals surface area contributed by atoms with Crippen LogP contribution in [-0.2, 0) is 19.9 Å². The highest BCUT2D eigenvalue weighted by molar-refractivity contribution is 5.87. The van der Waals surface area contributed by atoms with E-state index in [-0.39, 0.29) is 0 Å². The second-order valence-electron chi connectivity index (χ2n) is 5.12. The van der Waals surface area contributed by atoms with Crippen LogP contribution in [0.1, 0.15) is 18.1 Å². The van der Waals surface area contributed by atoms with E-state index >= 15 is 0 Å². The molecule has 1 saturated heterocycles. The van der Waals surface area contributed by atoms with Crippen molar-refractivity contribution in [2.75, 3.05) is 0 Å². The van der Waals surface area contributed by atoms with Gasteiger partial charge in [-0.3, -0.25) is 0 Å². The largest absolute Gasteiger partial charge is 0.427 e. The first-order chi connectivity index (χ1) is 10.1. The van der Waals surface area contributed by atoms with Crippen LogP contribution in [0.3, 0.4) is 0 Å². The zero-order chi connectivity index (χ0) is 14.9. The molecule has 2 aromatic carbocycles. The van der Waals surface area contributed by atoms with E-state index in [1.807, 2.05) is 60.7 Å². The van der Waals surface area contributed by atoms with Crippen molar-refractivity contribution in [1.29, 1.82) is 0 Å². The van der Waals surface area contributed by atoms with Crippen LogP contribution in [-0.4, -0.2) is 11.8 Å². The summed E-state index contributed by atoms with van der Waals surface area (Å²) >= 11 is 0. The van der Waals surface area contributed by atoms with Crippen LogP contribution < -0.4 is 0 Å². The smallest absolute Gasteiger partial charge is 0.350 e. The van der Waals surface area contributed by atoms with Crippen LogP contribution >= 0.6 is 0 Å². The summed E-state index contributed by atoms with van der Waals surface area (Å²) in [4.78, 5) is 12.7. The van der Waals surface area contributed by atoms with Crippen molar-refractivity contribution in [2.24, 2.45) is 0 Å². The van der Waals surface area contributed by atoms with Crippen molar-refractivity contribution < 1.29 is 14.3 Å². The van der Waals surface area contributed by atoms with Gasteiger partial charge in [0.25, 0.3) is 0 Å². The second kappa shape index (κ2) is 4.86. The Bertz CT molecular complexity index is 624. The summed E-state index contributed by atoms with van der Waals surface area (Å²) in [6, 6.07) is 18.8. The third-order valence-electron chi connectivity index (χ3n) is 3.67. The Kier molecular flexibility index (Phi) is 3.15. The van der Waals surface area contributed by atoms with Crippen molar-refractivity contribution in [3.8, 4) is 0 Å². The van der Waals surface area contributed by atoms with Gasteiger partial charge in [0.1, 0.15) is 0 Å². The SMILES string of the molecule is C=CC1(C)OC(=O)C(c2ccccc2)(c2ccccc2)O1. The number of esters is 1. The van der Waals surface area contributed by atoms with E-state index < -0.39 is 17.4 Å². The lowest BCUT2D eigenvalue weighted by molar-refractivity contribution is -0.152. The van der Waals surface area contributed by atoms with Crippen LogP contribution in [0.15, 0.2) is 73.3 Å². The van der Waals surface area contributed by atoms with Crippen molar-refractivity contribution in [3.63, 3.8) is 0 Å². The minimum absolute atomic E-state index is 0.428. The monoisotopic (exact) mass is 280 g/mol. The Morgan fingerprint density at radius 2 is 1.43 bits per heavy atom. The molecule has 1 heterocycles. The summed E-state index contributed by atoms with van der Waals surface area (Å²) < 4.78 is 11.5. The highest BCUT2D eigenvalue weighted by Crippen LogP contribution is 2.45. The molecule has 3 heteroatoms. The number of rotatable bonds is 3. The second-order valence-corrected chi connectivity index (χ2v) is 5.12. The molecule has 0 aromatic heterocycles. The lowest BCUT2D eigenvalue weighted by atomic mass is 9.86. The number of carbonyl (C=O) groups is 1. The Morgan fingerprint density at radius 3 is 1.81 bits per heavy atom. The molecule has 1 atom stereocenters. The molecule has 0 aliphatic carbocycles. The van der Waals surface area contributed by atoms with Gasteiger partial charge in [-0.05, 0) is 17.2 Å². The average molecular weight is 280 g/mol. The highest BCUT2D eigenvalue weighted by atomic mass is 16.8. The molecule has 3 rings (SSSR count). The topological polar surface area (TPSA) is 35.5 Å². The molecule has 0 saturated carbocycles. The van der Waals surface area contributed by atoms with Gasteiger partial charge in [-0.1, -0.05) is 67.2 Å². The van der Waals surface area contributed by atoms with E-state index in [9.17, 15) is 4.79 Å². The van der Waals surface area contributed by atoms with Gasteiger partial charge >= 0.3 is 5.97 Å². The van der Waals surface area contributed by atoms with Crippen molar-refractivity contribution in [1.82, 2.24) is 0 Å². The van der Waals surface area contributed by atoms with Gasteiger partial charge in [-0.2, -0.15) is 0 Å². The molecule has 0 radical (unpaired) electrons. The van der Waals surface area contributed by atoms with Crippen molar-refractivity contribution >= 4 is 5.97 Å². The standard InChI is InChI=1S/C18H16O3/c1-3-17(2)20-16(19)18(21-17,14-10-6-4-7-11-14)15-12-8-5-9-13-15/h3-13H,1H2,2H3. The minimum atomic E-state index is -1.26. The Morgan fingerprint density at radius 1 is 0.952 bits per heavy atom. The molecule has 0 bridgehead atoms. The quantitative estimate of drug-likeness (QED) is 0.638. The van der Waals surface area contributed by atoms with Gasteiger partial charge in [0.05, 0.1) is 0 Å². The molecule has 21 heavy (non-hydrogen) atoms. The Hall–Kier alpha value is -2.39. The van der Waals surface area contributed by atoms with Crippen LogP contribution in [0.4, 0.5) is 0 Å². The van der Waals surface area contributed by atoms with Crippen LogP contribution in [0.25, 0.3) is 0 Å². The van der Waals surface area contributed by atoms with E-state index in [1.54, 1.807) is 6.92 Å². The molecular weight excluding hydrogens is 264 g/mol. The molecule has 1 unspecified atom stereocenters. The Balaban J connectivity index is 2.23. The number of carbonyl (C=O) groups excluding carboxylic acids is 1. The first kappa shape index (κ1) is 13.6. The normalized spacial score (nSPS) is 23.6. The summed E-state index contributed by atoms with van der Waals surface area (Å²) in [6.07, 6.45) is 1.50. The Labute approximate surface area is 123 Å². The van der Waals surface area contributed by atoms with E-state index in [0.29, 0.717) is 0 Å². The number of ether oxygens (including phenoxy) is 2. The molecule has 0 N–H and O–H groups in total. The number of cyclic esters (lactones) is 1. The molecule has 1 aliphatic heterocycles. The van der Waals surface area contributed by atoms with Crippen LogP contribution in [0, 0.1) is 0 Å². The maximum absolute atomic E-state index is 12.7. The summed E-state index contributed by atoms with van der Waals surface area (Å²) in [7, 11) is 0. The molecule has 106 valence electrons. The first-order valence-electron chi connectivity index (χ1n) is 6.79. The molecule has 2 aromatic rings. The lowest BCUT2D eigenvalue weighted by Gasteiger charge is -2.27. The summed E-state index contributed by atoms with van der Waals surface area (Å²) in [5, 5.41) is 0. The molecular formula is C18H16O3. The third-order valence-corrected chi connectivity index (χ3v) is 3.67. The minimum Gasteiger partial charge on any atom is -0.427 e. The van der Waals surface area contributed by atoms with Gasteiger partial charge < -0.3 is 9.47 Å². The van der Waals surface area contributed by atoms with Gasteiger partial charge in [0.15, 0.2) is 0 Å².